The summed E-state index contributed by atoms with van der Waals surface area (Å²) in [4.78, 5) is 23.6. The van der Waals surface area contributed by atoms with E-state index in [4.69, 9.17) is 4.74 Å². The van der Waals surface area contributed by atoms with Gasteiger partial charge in [-0.05, 0) is 71.9 Å². The van der Waals surface area contributed by atoms with Gasteiger partial charge in [-0.1, -0.05) is 0 Å². The van der Waals surface area contributed by atoms with Crippen LogP contribution in [-0.4, -0.2) is 18.4 Å². The number of ether oxygens (including phenoxy) is 1. The second-order valence-electron chi connectivity index (χ2n) is 3.40. The fourth-order valence-electron chi connectivity index (χ4n) is 1.67. The Morgan fingerprint density at radius 2 is 2.07 bits per heavy atom. The highest BCUT2D eigenvalue weighted by Gasteiger charge is 2.51. The molecule has 0 radical (unpaired) electrons. The van der Waals surface area contributed by atoms with E-state index < -0.39 is 11.4 Å². The van der Waals surface area contributed by atoms with Crippen LogP contribution >= 0.6 is 45.2 Å². The maximum atomic E-state index is 11.9. The number of halogens is 2. The van der Waals surface area contributed by atoms with Crippen LogP contribution < -0.4 is 0 Å². The molecule has 15 heavy (non-hydrogen) atoms. The maximum Gasteiger partial charge on any atom is 0.324 e. The molecular formula is C10H12I2O3. The Labute approximate surface area is 116 Å². The van der Waals surface area contributed by atoms with Gasteiger partial charge >= 0.3 is 5.97 Å². The van der Waals surface area contributed by atoms with Gasteiger partial charge in [-0.25, -0.2) is 0 Å². The lowest BCUT2D eigenvalue weighted by atomic mass is 9.83. The number of carbonyl (C=O) groups is 2. The quantitative estimate of drug-likeness (QED) is 0.390. The summed E-state index contributed by atoms with van der Waals surface area (Å²) in [5.74, 6) is -0.509. The van der Waals surface area contributed by atoms with E-state index in [1.165, 1.54) is 6.92 Å². The van der Waals surface area contributed by atoms with Gasteiger partial charge in [0.25, 0.3) is 0 Å². The van der Waals surface area contributed by atoms with Crippen molar-refractivity contribution in [3.8, 4) is 0 Å². The lowest BCUT2D eigenvalue weighted by Gasteiger charge is -2.24. The Morgan fingerprint density at radius 1 is 1.47 bits per heavy atom. The first-order valence-corrected chi connectivity index (χ1v) is 6.85. The highest BCUT2D eigenvalue weighted by atomic mass is 127. The Morgan fingerprint density at radius 3 is 2.40 bits per heavy atom. The highest BCUT2D eigenvalue weighted by Crippen LogP contribution is 2.50. The van der Waals surface area contributed by atoms with E-state index in [0.29, 0.717) is 13.0 Å². The minimum Gasteiger partial charge on any atom is -0.465 e. The SMILES string of the molecule is CCOC(=O)C1(C(C)=O)CCC(I)=C1I. The number of rotatable bonds is 3. The van der Waals surface area contributed by atoms with Crippen LogP contribution in [0.5, 0.6) is 0 Å². The first-order chi connectivity index (χ1) is 6.96. The van der Waals surface area contributed by atoms with Crippen molar-refractivity contribution in [3.63, 3.8) is 0 Å². The van der Waals surface area contributed by atoms with Crippen LogP contribution in [0.2, 0.25) is 0 Å². The standard InChI is InChI=1S/C10H12I2O3/c1-3-15-9(14)10(6(2)13)5-4-7(11)8(10)12/h3-5H2,1-2H3. The first kappa shape index (κ1) is 13.4. The third-order valence-corrected chi connectivity index (χ3v) is 6.24. The van der Waals surface area contributed by atoms with Crippen LogP contribution in [0.1, 0.15) is 26.7 Å². The predicted octanol–water partition coefficient (Wildman–Crippen LogP) is 3.00. The van der Waals surface area contributed by atoms with Gasteiger partial charge in [0.15, 0.2) is 11.2 Å². The summed E-state index contributed by atoms with van der Waals surface area (Å²) in [5, 5.41) is 0. The van der Waals surface area contributed by atoms with E-state index in [0.717, 1.165) is 13.6 Å². The van der Waals surface area contributed by atoms with Crippen LogP contribution in [0.3, 0.4) is 0 Å². The zero-order valence-electron chi connectivity index (χ0n) is 8.60. The summed E-state index contributed by atoms with van der Waals surface area (Å²) >= 11 is 4.28. The van der Waals surface area contributed by atoms with Crippen molar-refractivity contribution in [2.24, 2.45) is 5.41 Å². The summed E-state index contributed by atoms with van der Waals surface area (Å²) in [6.45, 7) is 3.53. The van der Waals surface area contributed by atoms with Gasteiger partial charge in [-0.3, -0.25) is 9.59 Å². The number of Topliss-reactive ketones (excluding diaryl/α,β-unsaturated/α-hetero) is 1. The number of hydrogen-bond acceptors (Lipinski definition) is 3. The van der Waals surface area contributed by atoms with Crippen molar-refractivity contribution in [1.29, 1.82) is 0 Å². The molecule has 0 spiro atoms. The topological polar surface area (TPSA) is 43.4 Å². The zero-order valence-corrected chi connectivity index (χ0v) is 12.9. The summed E-state index contributed by atoms with van der Waals surface area (Å²) in [6.07, 6.45) is 1.34. The molecule has 1 aliphatic rings. The number of carbonyl (C=O) groups excluding carboxylic acids is 2. The monoisotopic (exact) mass is 434 g/mol. The first-order valence-electron chi connectivity index (χ1n) is 4.69. The van der Waals surface area contributed by atoms with E-state index >= 15 is 0 Å². The van der Waals surface area contributed by atoms with Crippen LogP contribution in [-0.2, 0) is 14.3 Å². The molecule has 0 saturated carbocycles. The van der Waals surface area contributed by atoms with Crippen molar-refractivity contribution >= 4 is 56.9 Å². The minimum atomic E-state index is -1.01. The summed E-state index contributed by atoms with van der Waals surface area (Å²) in [5.41, 5.74) is -1.01. The van der Waals surface area contributed by atoms with E-state index in [1.807, 2.05) is 0 Å². The molecule has 0 aromatic rings. The zero-order chi connectivity index (χ0) is 11.6. The second kappa shape index (κ2) is 5.11. The molecule has 0 bridgehead atoms. The molecule has 0 aromatic carbocycles. The second-order valence-corrected chi connectivity index (χ2v) is 5.78. The summed E-state index contributed by atoms with van der Waals surface area (Å²) < 4.78 is 6.94. The molecule has 0 N–H and O–H groups in total. The third kappa shape index (κ3) is 2.22. The molecule has 0 amide bonds. The minimum absolute atomic E-state index is 0.114. The lowest BCUT2D eigenvalue weighted by molar-refractivity contribution is -0.156. The smallest absolute Gasteiger partial charge is 0.324 e. The molecule has 1 aliphatic carbocycles. The van der Waals surface area contributed by atoms with Crippen molar-refractivity contribution in [2.75, 3.05) is 6.61 Å². The Kier molecular flexibility index (Phi) is 4.57. The fourth-order valence-corrected chi connectivity index (χ4v) is 3.54. The normalized spacial score (nSPS) is 25.6. The molecule has 0 heterocycles. The Hall–Kier alpha value is 0.340. The number of allylic oxidation sites excluding steroid dienone is 1. The van der Waals surface area contributed by atoms with Gasteiger partial charge in [0.1, 0.15) is 0 Å². The van der Waals surface area contributed by atoms with E-state index in [9.17, 15) is 9.59 Å². The fraction of sp³-hybridized carbons (Fsp3) is 0.600. The molecule has 0 aromatic heterocycles. The molecule has 5 heteroatoms. The molecule has 1 unspecified atom stereocenters. The molecule has 3 nitrogen and oxygen atoms in total. The van der Waals surface area contributed by atoms with Crippen LogP contribution in [0.4, 0.5) is 0 Å². The van der Waals surface area contributed by atoms with Crippen molar-refractivity contribution in [3.05, 3.63) is 7.16 Å². The van der Waals surface area contributed by atoms with Crippen LogP contribution in [0.25, 0.3) is 0 Å². The van der Waals surface area contributed by atoms with E-state index in [-0.39, 0.29) is 5.78 Å². The van der Waals surface area contributed by atoms with Crippen LogP contribution in [0.15, 0.2) is 7.16 Å². The van der Waals surface area contributed by atoms with Gasteiger partial charge in [0.2, 0.25) is 0 Å². The predicted molar refractivity (Wildman–Crippen MR) is 74.0 cm³/mol. The number of hydrogen-bond donors (Lipinski definition) is 0. The molecule has 1 rings (SSSR count). The van der Waals surface area contributed by atoms with Crippen molar-refractivity contribution in [2.45, 2.75) is 26.7 Å². The van der Waals surface area contributed by atoms with Gasteiger partial charge in [0, 0.05) is 7.16 Å². The third-order valence-electron chi connectivity index (χ3n) is 2.56. The average Bonchev–Trinajstić information content (AvgIpc) is 2.45. The van der Waals surface area contributed by atoms with Gasteiger partial charge in [0.05, 0.1) is 6.61 Å². The number of ketones is 1. The molecule has 0 saturated heterocycles. The highest BCUT2D eigenvalue weighted by molar-refractivity contribution is 14.1. The van der Waals surface area contributed by atoms with Crippen LogP contribution in [0, 0.1) is 5.41 Å². The molecule has 84 valence electrons. The van der Waals surface area contributed by atoms with E-state index in [2.05, 4.69) is 45.2 Å². The summed E-state index contributed by atoms with van der Waals surface area (Å²) in [7, 11) is 0. The molecule has 0 aliphatic heterocycles. The Balaban J connectivity index is 3.12. The maximum absolute atomic E-state index is 11.9. The van der Waals surface area contributed by atoms with Crippen molar-refractivity contribution in [1.82, 2.24) is 0 Å². The molecule has 0 fully saturated rings. The van der Waals surface area contributed by atoms with Crippen molar-refractivity contribution < 1.29 is 14.3 Å². The Bertz CT molecular complexity index is 336. The number of esters is 1. The molecule has 1 atom stereocenters. The van der Waals surface area contributed by atoms with Gasteiger partial charge in [-0.15, -0.1) is 0 Å². The van der Waals surface area contributed by atoms with Gasteiger partial charge < -0.3 is 4.74 Å². The van der Waals surface area contributed by atoms with Gasteiger partial charge in [-0.2, -0.15) is 0 Å². The lowest BCUT2D eigenvalue weighted by Crippen LogP contribution is -2.38. The largest absolute Gasteiger partial charge is 0.465 e. The average molecular weight is 434 g/mol. The molecular weight excluding hydrogens is 422 g/mol. The van der Waals surface area contributed by atoms with E-state index in [1.54, 1.807) is 6.92 Å². The summed E-state index contributed by atoms with van der Waals surface area (Å²) in [6, 6.07) is 0.